The normalized spacial score (nSPS) is 13.5. The third kappa shape index (κ3) is 9.56. The van der Waals surface area contributed by atoms with Crippen LogP contribution in [0.25, 0.3) is 11.0 Å². The Labute approximate surface area is 302 Å². The van der Waals surface area contributed by atoms with Gasteiger partial charge in [-0.2, -0.15) is 4.31 Å². The number of halogens is 1. The lowest BCUT2D eigenvalue weighted by molar-refractivity contribution is 0.0858. The molecule has 0 aliphatic carbocycles. The van der Waals surface area contributed by atoms with Crippen molar-refractivity contribution in [3.05, 3.63) is 119 Å². The van der Waals surface area contributed by atoms with Crippen LogP contribution in [0.15, 0.2) is 96.3 Å². The Morgan fingerprint density at radius 1 is 0.940 bits per heavy atom. The van der Waals surface area contributed by atoms with Gasteiger partial charge in [-0.05, 0) is 99.8 Å². The molecule has 0 radical (unpaired) electrons. The van der Waals surface area contributed by atoms with Gasteiger partial charge in [0, 0.05) is 61.3 Å². The van der Waals surface area contributed by atoms with Crippen LogP contribution in [0.5, 0.6) is 0 Å². The molecule has 0 fully saturated rings. The van der Waals surface area contributed by atoms with Crippen LogP contribution >= 0.6 is 11.6 Å². The minimum atomic E-state index is -3.84. The van der Waals surface area contributed by atoms with E-state index in [1.165, 1.54) is 0 Å². The average Bonchev–Trinajstić information content (AvgIpc) is 3.42. The summed E-state index contributed by atoms with van der Waals surface area (Å²) in [6.07, 6.45) is 6.86. The fourth-order valence-corrected chi connectivity index (χ4v) is 8.18. The first kappa shape index (κ1) is 37.6. The number of sulfonamides is 1. The van der Waals surface area contributed by atoms with E-state index in [2.05, 4.69) is 63.5 Å². The zero-order chi connectivity index (χ0) is 35.7. The Balaban J connectivity index is 1.34. The molecular weight excluding hydrogens is 668 g/mol. The highest BCUT2D eigenvalue weighted by molar-refractivity contribution is 7.89. The van der Waals surface area contributed by atoms with Crippen molar-refractivity contribution < 1.29 is 13.2 Å². The summed E-state index contributed by atoms with van der Waals surface area (Å²) in [5, 5.41) is 0.698. The number of rotatable bonds is 18. The van der Waals surface area contributed by atoms with E-state index in [0.29, 0.717) is 50.2 Å². The lowest BCUT2D eigenvalue weighted by atomic mass is 9.92. The van der Waals surface area contributed by atoms with Crippen molar-refractivity contribution in [2.75, 3.05) is 39.9 Å². The third-order valence-electron chi connectivity index (χ3n) is 9.10. The summed E-state index contributed by atoms with van der Waals surface area (Å²) in [6.45, 7) is 11.3. The van der Waals surface area contributed by atoms with Gasteiger partial charge in [0.15, 0.2) is 0 Å². The standard InChI is InChI=1S/C39H49ClN6O3S/c1-6-49-28-34(25-29(2)3)46(24-23-44(5)22-19-36(37-9-7-8-20-42-37)32-12-14-33(40)15-13-32)50(47,48)35-16-10-31(11-17-35)27-45-30(4)43-38-26-41-21-18-39(38)45/h7-18,20-21,26,29,34,36H,6,19,22-25,27-28H2,1-5H3/t34-,36+/m0/s1. The van der Waals surface area contributed by atoms with Crippen molar-refractivity contribution in [3.8, 4) is 0 Å². The van der Waals surface area contributed by atoms with Crippen molar-refractivity contribution in [3.63, 3.8) is 0 Å². The number of nitrogens with zero attached hydrogens (tertiary/aromatic N) is 6. The average molecular weight is 717 g/mol. The number of imidazole rings is 1. The molecule has 11 heteroatoms. The van der Waals surface area contributed by atoms with Gasteiger partial charge in [0.05, 0.1) is 23.2 Å². The van der Waals surface area contributed by atoms with E-state index in [1.54, 1.807) is 28.8 Å². The Morgan fingerprint density at radius 2 is 1.70 bits per heavy atom. The van der Waals surface area contributed by atoms with Gasteiger partial charge < -0.3 is 14.2 Å². The summed E-state index contributed by atoms with van der Waals surface area (Å²) in [5.74, 6) is 1.26. The highest BCUT2D eigenvalue weighted by atomic mass is 35.5. The number of benzene rings is 2. The molecule has 2 atom stereocenters. The number of aryl methyl sites for hydroxylation is 1. The molecule has 5 rings (SSSR count). The summed E-state index contributed by atoms with van der Waals surface area (Å²) in [7, 11) is -1.79. The van der Waals surface area contributed by atoms with Crippen LogP contribution in [0, 0.1) is 12.8 Å². The maximum absolute atomic E-state index is 14.5. The van der Waals surface area contributed by atoms with Gasteiger partial charge in [-0.3, -0.25) is 9.97 Å². The molecule has 266 valence electrons. The van der Waals surface area contributed by atoms with E-state index in [9.17, 15) is 8.42 Å². The number of pyridine rings is 2. The van der Waals surface area contributed by atoms with Gasteiger partial charge >= 0.3 is 0 Å². The van der Waals surface area contributed by atoms with Crippen LogP contribution in [0.4, 0.5) is 0 Å². The fourth-order valence-electron chi connectivity index (χ4n) is 6.45. The molecule has 0 aliphatic heterocycles. The number of ether oxygens (including phenoxy) is 1. The number of aromatic nitrogens is 4. The van der Waals surface area contributed by atoms with E-state index >= 15 is 0 Å². The molecule has 0 bridgehead atoms. The topological polar surface area (TPSA) is 93.5 Å². The third-order valence-corrected chi connectivity index (χ3v) is 11.3. The quantitative estimate of drug-likeness (QED) is 0.0931. The molecule has 0 amide bonds. The molecule has 5 aromatic rings. The predicted molar refractivity (Wildman–Crippen MR) is 201 cm³/mol. The summed E-state index contributed by atoms with van der Waals surface area (Å²) in [4.78, 5) is 16.0. The fraction of sp³-hybridized carbons (Fsp3) is 0.410. The number of likely N-dealkylation sites (N-methyl/N-ethyl adjacent to an activating group) is 1. The van der Waals surface area contributed by atoms with Crippen molar-refractivity contribution in [1.29, 1.82) is 0 Å². The molecule has 0 aliphatic rings. The van der Waals surface area contributed by atoms with E-state index < -0.39 is 10.0 Å². The highest BCUT2D eigenvalue weighted by Gasteiger charge is 2.32. The van der Waals surface area contributed by atoms with Crippen LogP contribution in [-0.2, 0) is 21.3 Å². The summed E-state index contributed by atoms with van der Waals surface area (Å²) in [5.41, 5.74) is 4.98. The molecular formula is C39H49ClN6O3S. The zero-order valence-corrected chi connectivity index (χ0v) is 31.3. The van der Waals surface area contributed by atoms with E-state index in [4.69, 9.17) is 16.3 Å². The lowest BCUT2D eigenvalue weighted by Crippen LogP contribution is -2.47. The maximum Gasteiger partial charge on any atom is 0.243 e. The Morgan fingerprint density at radius 3 is 2.38 bits per heavy atom. The molecule has 0 N–H and O–H groups in total. The second kappa shape index (κ2) is 17.5. The van der Waals surface area contributed by atoms with Crippen molar-refractivity contribution in [2.45, 2.75) is 63.9 Å². The van der Waals surface area contributed by atoms with Crippen molar-refractivity contribution in [2.24, 2.45) is 5.92 Å². The minimum Gasteiger partial charge on any atom is -0.380 e. The SMILES string of the molecule is CCOC[C@H](CC(C)C)N(CCN(C)CC[C@H](c1ccc(Cl)cc1)c1ccccn1)S(=O)(=O)c1ccc(Cn2c(C)nc3cnccc32)cc1. The van der Waals surface area contributed by atoms with Crippen LogP contribution in [-0.4, -0.2) is 83.1 Å². The molecule has 0 saturated heterocycles. The van der Waals surface area contributed by atoms with Gasteiger partial charge in [0.25, 0.3) is 0 Å². The monoisotopic (exact) mass is 716 g/mol. The second-order valence-corrected chi connectivity index (χ2v) is 15.6. The van der Waals surface area contributed by atoms with Gasteiger partial charge in [-0.25, -0.2) is 13.4 Å². The van der Waals surface area contributed by atoms with Crippen molar-refractivity contribution in [1.82, 2.24) is 28.7 Å². The van der Waals surface area contributed by atoms with Crippen LogP contribution in [0.3, 0.4) is 0 Å². The molecule has 2 aromatic carbocycles. The molecule has 50 heavy (non-hydrogen) atoms. The van der Waals surface area contributed by atoms with Crippen LogP contribution in [0.1, 0.15) is 62.2 Å². The minimum absolute atomic E-state index is 0.0849. The number of hydrogen-bond acceptors (Lipinski definition) is 7. The van der Waals surface area contributed by atoms with Gasteiger partial charge in [0.1, 0.15) is 11.3 Å². The predicted octanol–water partition coefficient (Wildman–Crippen LogP) is 7.43. The Bertz CT molecular complexity index is 1900. The summed E-state index contributed by atoms with van der Waals surface area (Å²) < 4.78 is 38.6. The van der Waals surface area contributed by atoms with Crippen LogP contribution in [0.2, 0.25) is 5.02 Å². The van der Waals surface area contributed by atoms with E-state index in [-0.39, 0.29) is 16.9 Å². The smallest absolute Gasteiger partial charge is 0.243 e. The largest absolute Gasteiger partial charge is 0.380 e. The van der Waals surface area contributed by atoms with Gasteiger partial charge in [-0.15, -0.1) is 0 Å². The first-order valence-corrected chi connectivity index (χ1v) is 19.2. The molecule has 9 nitrogen and oxygen atoms in total. The summed E-state index contributed by atoms with van der Waals surface area (Å²) in [6, 6.07) is 22.9. The molecule has 0 saturated carbocycles. The maximum atomic E-state index is 14.5. The Kier molecular flexibility index (Phi) is 13.2. The number of fused-ring (bicyclic) bond motifs is 1. The van der Waals surface area contributed by atoms with Crippen molar-refractivity contribution >= 4 is 32.7 Å². The van der Waals surface area contributed by atoms with E-state index in [1.807, 2.05) is 62.5 Å². The zero-order valence-electron chi connectivity index (χ0n) is 29.7. The highest BCUT2D eigenvalue weighted by Crippen LogP contribution is 2.28. The first-order valence-electron chi connectivity index (χ1n) is 17.4. The number of hydrogen-bond donors (Lipinski definition) is 0. The van der Waals surface area contributed by atoms with Crippen LogP contribution < -0.4 is 0 Å². The van der Waals surface area contributed by atoms with Gasteiger partial charge in [-0.1, -0.05) is 55.8 Å². The first-order chi connectivity index (χ1) is 24.1. The molecule has 3 aromatic heterocycles. The molecule has 3 heterocycles. The second-order valence-electron chi connectivity index (χ2n) is 13.3. The molecule has 0 unspecified atom stereocenters. The van der Waals surface area contributed by atoms with E-state index in [0.717, 1.165) is 46.6 Å². The Hall–Kier alpha value is -3.67. The lowest BCUT2D eigenvalue weighted by Gasteiger charge is -2.33. The molecule has 0 spiro atoms. The summed E-state index contributed by atoms with van der Waals surface area (Å²) >= 11 is 6.20. The van der Waals surface area contributed by atoms with Gasteiger partial charge in [0.2, 0.25) is 10.0 Å².